The molecule has 0 spiro atoms. The summed E-state index contributed by atoms with van der Waals surface area (Å²) in [5, 5.41) is 0.437. The summed E-state index contributed by atoms with van der Waals surface area (Å²) in [5.74, 6) is -0.170. The van der Waals surface area contributed by atoms with Crippen molar-refractivity contribution in [1.29, 1.82) is 0 Å². The first-order valence-electron chi connectivity index (χ1n) is 8.32. The average Bonchev–Trinajstić information content (AvgIpc) is 2.89. The predicted molar refractivity (Wildman–Crippen MR) is 90.0 cm³/mol. The number of hydrogen-bond acceptors (Lipinski definition) is 1. The average molecular weight is 322 g/mol. The Morgan fingerprint density at radius 3 is 2.68 bits per heavy atom. The zero-order valence-corrected chi connectivity index (χ0v) is 13.8. The normalized spacial score (nSPS) is 23.3. The van der Waals surface area contributed by atoms with E-state index in [0.29, 0.717) is 28.5 Å². The zero-order valence-electron chi connectivity index (χ0n) is 13.1. The van der Waals surface area contributed by atoms with Crippen LogP contribution in [0.5, 0.6) is 0 Å². The molecular weight excluding hydrogens is 299 g/mol. The van der Waals surface area contributed by atoms with Gasteiger partial charge in [0.15, 0.2) is 0 Å². The highest BCUT2D eigenvalue weighted by molar-refractivity contribution is 6.35. The molecule has 1 amide bonds. The highest BCUT2D eigenvalue weighted by Crippen LogP contribution is 2.31. The number of carbonyl (C=O) groups is 1. The molecule has 0 radical (unpaired) electrons. The summed E-state index contributed by atoms with van der Waals surface area (Å²) < 4.78 is 14.3. The van der Waals surface area contributed by atoms with Crippen LogP contribution in [0.25, 0.3) is 0 Å². The fourth-order valence-electron chi connectivity index (χ4n) is 3.86. The Kier molecular flexibility index (Phi) is 4.77. The molecule has 1 aromatic rings. The van der Waals surface area contributed by atoms with Crippen LogP contribution >= 0.6 is 11.6 Å². The number of likely N-dealkylation sites (tertiary alicyclic amines) is 1. The Balaban J connectivity index is 1.72. The molecule has 1 aliphatic carbocycles. The van der Waals surface area contributed by atoms with Crippen LogP contribution in [0.3, 0.4) is 0 Å². The highest BCUT2D eigenvalue weighted by atomic mass is 35.5. The van der Waals surface area contributed by atoms with E-state index < -0.39 is 0 Å². The highest BCUT2D eigenvalue weighted by Gasteiger charge is 2.36. The largest absolute Gasteiger partial charge is 0.339 e. The van der Waals surface area contributed by atoms with Crippen LogP contribution in [0.1, 0.15) is 44.1 Å². The molecule has 1 aromatic carbocycles. The van der Waals surface area contributed by atoms with Gasteiger partial charge in [0.1, 0.15) is 13.7 Å². The van der Waals surface area contributed by atoms with E-state index >= 15 is 0 Å². The number of benzene rings is 1. The van der Waals surface area contributed by atoms with Gasteiger partial charge < -0.3 is 4.90 Å². The third-order valence-electron chi connectivity index (χ3n) is 5.20. The van der Waals surface area contributed by atoms with Crippen molar-refractivity contribution in [3.05, 3.63) is 28.5 Å². The first kappa shape index (κ1) is 15.9. The molecule has 1 atom stereocenters. The molecule has 5 heteroatoms. The Labute approximate surface area is 137 Å². The second-order valence-corrected chi connectivity index (χ2v) is 7.08. The van der Waals surface area contributed by atoms with Crippen molar-refractivity contribution in [2.75, 3.05) is 6.54 Å². The van der Waals surface area contributed by atoms with Gasteiger partial charge in [-0.1, -0.05) is 42.4 Å². The summed E-state index contributed by atoms with van der Waals surface area (Å²) in [7, 11) is 1.74. The molecule has 0 aromatic heterocycles. The van der Waals surface area contributed by atoms with E-state index in [1.54, 1.807) is 20.0 Å². The third kappa shape index (κ3) is 3.03. The topological polar surface area (TPSA) is 20.3 Å². The number of nitrogens with zero attached hydrogens (tertiary/aromatic N) is 1. The van der Waals surface area contributed by atoms with Gasteiger partial charge in [-0.25, -0.2) is 4.39 Å². The van der Waals surface area contributed by atoms with Gasteiger partial charge in [-0.15, -0.1) is 0 Å². The van der Waals surface area contributed by atoms with Crippen molar-refractivity contribution in [2.45, 2.75) is 51.0 Å². The Morgan fingerprint density at radius 2 is 1.95 bits per heavy atom. The van der Waals surface area contributed by atoms with Crippen LogP contribution in [0.4, 0.5) is 4.39 Å². The van der Waals surface area contributed by atoms with E-state index in [1.807, 2.05) is 4.90 Å². The molecule has 2 fully saturated rings. The van der Waals surface area contributed by atoms with Crippen molar-refractivity contribution in [3.63, 3.8) is 0 Å². The molecule has 22 heavy (non-hydrogen) atoms. The van der Waals surface area contributed by atoms with Gasteiger partial charge in [-0.3, -0.25) is 4.79 Å². The fourth-order valence-corrected chi connectivity index (χ4v) is 4.08. The fraction of sp³-hybridized carbons (Fsp3) is 0.588. The summed E-state index contributed by atoms with van der Waals surface area (Å²) in [6.07, 6.45) is 7.21. The van der Waals surface area contributed by atoms with Gasteiger partial charge in [-0.2, -0.15) is 0 Å². The lowest BCUT2D eigenvalue weighted by atomic mass is 9.89. The van der Waals surface area contributed by atoms with Crippen LogP contribution in [0.15, 0.2) is 12.1 Å². The van der Waals surface area contributed by atoms with E-state index in [9.17, 15) is 9.18 Å². The summed E-state index contributed by atoms with van der Waals surface area (Å²) in [4.78, 5) is 14.7. The minimum absolute atomic E-state index is 0.115. The van der Waals surface area contributed by atoms with Crippen molar-refractivity contribution < 1.29 is 9.18 Å². The van der Waals surface area contributed by atoms with Crippen LogP contribution in [-0.2, 0) is 11.2 Å². The minimum Gasteiger partial charge on any atom is -0.339 e. The van der Waals surface area contributed by atoms with Crippen molar-refractivity contribution in [3.8, 4) is 0 Å². The maximum Gasteiger partial charge on any atom is 0.226 e. The van der Waals surface area contributed by atoms with Crippen LogP contribution in [0.2, 0.25) is 5.02 Å². The van der Waals surface area contributed by atoms with E-state index in [4.69, 9.17) is 11.6 Å². The third-order valence-corrected chi connectivity index (χ3v) is 5.55. The molecule has 118 valence electrons. The SMILES string of the molecule is Bc1ccc(Cl)c(CC2CCN(C3CCCCC3)C2=O)c1F. The van der Waals surface area contributed by atoms with Crippen LogP contribution < -0.4 is 5.46 Å². The zero-order chi connectivity index (χ0) is 15.7. The van der Waals surface area contributed by atoms with E-state index in [2.05, 4.69) is 0 Å². The molecule has 1 unspecified atom stereocenters. The smallest absolute Gasteiger partial charge is 0.226 e. The van der Waals surface area contributed by atoms with Gasteiger partial charge >= 0.3 is 0 Å². The van der Waals surface area contributed by atoms with Gasteiger partial charge in [0.05, 0.1) is 0 Å². The standard InChI is InChI=1S/C17H22BClFNO/c18-14-6-7-15(19)13(16(14)20)10-11-8-9-21(17(11)22)12-4-2-1-3-5-12/h6-7,11-12H,1-5,8-10,18H2. The van der Waals surface area contributed by atoms with Gasteiger partial charge in [-0.05, 0) is 31.7 Å². The molecule has 3 rings (SSSR count). The van der Waals surface area contributed by atoms with Gasteiger partial charge in [0, 0.05) is 29.1 Å². The van der Waals surface area contributed by atoms with Crippen LogP contribution in [0, 0.1) is 11.7 Å². The summed E-state index contributed by atoms with van der Waals surface area (Å²) in [6.45, 7) is 0.819. The van der Waals surface area contributed by atoms with Crippen molar-refractivity contribution in [2.24, 2.45) is 5.92 Å². The molecule has 1 saturated carbocycles. The van der Waals surface area contributed by atoms with Gasteiger partial charge in [0.25, 0.3) is 0 Å². The number of rotatable bonds is 3. The molecule has 0 bridgehead atoms. The van der Waals surface area contributed by atoms with E-state index in [0.717, 1.165) is 25.8 Å². The van der Waals surface area contributed by atoms with E-state index in [1.165, 1.54) is 19.3 Å². The molecule has 2 nitrogen and oxygen atoms in total. The van der Waals surface area contributed by atoms with Crippen molar-refractivity contribution >= 4 is 30.8 Å². The Morgan fingerprint density at radius 1 is 1.23 bits per heavy atom. The minimum atomic E-state index is -0.253. The lowest BCUT2D eigenvalue weighted by molar-refractivity contribution is -0.133. The predicted octanol–water partition coefficient (Wildman–Crippen LogP) is 2.46. The molecule has 1 aliphatic heterocycles. The monoisotopic (exact) mass is 321 g/mol. The Hall–Kier alpha value is -1.03. The number of halogens is 2. The second-order valence-electron chi connectivity index (χ2n) is 6.67. The van der Waals surface area contributed by atoms with Crippen LogP contribution in [-0.4, -0.2) is 31.2 Å². The number of hydrogen-bond donors (Lipinski definition) is 0. The van der Waals surface area contributed by atoms with Crippen molar-refractivity contribution in [1.82, 2.24) is 4.90 Å². The molecule has 2 aliphatic rings. The first-order valence-corrected chi connectivity index (χ1v) is 8.69. The number of carbonyl (C=O) groups excluding carboxylic acids is 1. The quantitative estimate of drug-likeness (QED) is 0.783. The molecule has 1 heterocycles. The lowest BCUT2D eigenvalue weighted by Gasteiger charge is -2.31. The Bertz CT molecular complexity index is 574. The van der Waals surface area contributed by atoms with Gasteiger partial charge in [0.2, 0.25) is 5.91 Å². The van der Waals surface area contributed by atoms with E-state index in [-0.39, 0.29) is 17.6 Å². The summed E-state index contributed by atoms with van der Waals surface area (Å²) in [6, 6.07) is 3.82. The molecular formula is C17H22BClFNO. The second kappa shape index (κ2) is 6.61. The number of amides is 1. The molecule has 1 saturated heterocycles. The maximum absolute atomic E-state index is 14.3. The maximum atomic E-state index is 14.3. The summed E-state index contributed by atoms with van der Waals surface area (Å²) >= 11 is 6.15. The first-order chi connectivity index (χ1) is 10.6. The summed E-state index contributed by atoms with van der Waals surface area (Å²) in [5.41, 5.74) is 1.10. The lowest BCUT2D eigenvalue weighted by Crippen LogP contribution is -2.39. The molecule has 0 N–H and O–H groups in total.